The molecule has 0 aromatic heterocycles. The number of nitrogens with one attached hydrogen (secondary N) is 1. The summed E-state index contributed by atoms with van der Waals surface area (Å²) in [5.41, 5.74) is -1.94. The van der Waals surface area contributed by atoms with E-state index in [1.54, 1.807) is 0 Å². The monoisotopic (exact) mass is 382 g/mol. The lowest BCUT2D eigenvalue weighted by Gasteiger charge is -2.43. The van der Waals surface area contributed by atoms with Gasteiger partial charge in [-0.25, -0.2) is 0 Å². The van der Waals surface area contributed by atoms with Gasteiger partial charge in [-0.05, 0) is 6.08 Å². The molecule has 9 heteroatoms. The van der Waals surface area contributed by atoms with Crippen molar-refractivity contribution >= 4 is 11.6 Å². The molecule has 1 aliphatic heterocycles. The second-order valence-corrected chi connectivity index (χ2v) is 7.40. The van der Waals surface area contributed by atoms with Crippen LogP contribution in [-0.2, 0) is 11.3 Å². The van der Waals surface area contributed by atoms with E-state index in [0.29, 0.717) is 6.54 Å². The number of hydrogen-bond donors (Lipinski definition) is 1. The van der Waals surface area contributed by atoms with Crippen LogP contribution in [0.5, 0.6) is 0 Å². The van der Waals surface area contributed by atoms with Gasteiger partial charge in [0.2, 0.25) is 0 Å². The zero-order valence-corrected chi connectivity index (χ0v) is 15.0. The minimum atomic E-state index is -1.58. The van der Waals surface area contributed by atoms with Crippen LogP contribution in [0, 0.1) is 20.2 Å². The molecule has 2 aliphatic rings. The first-order chi connectivity index (χ1) is 12.4. The van der Waals surface area contributed by atoms with E-state index >= 15 is 0 Å². The number of likely N-dealkylation sites (tertiary alicyclic amines) is 1. The Morgan fingerprint density at radius 2 is 1.88 bits per heavy atom. The smallest absolute Gasteiger partial charge is 0.331 e. The lowest BCUT2D eigenvalue weighted by molar-refractivity contribution is -0.955. The summed E-state index contributed by atoms with van der Waals surface area (Å²) in [5.74, 6) is 0.414. The number of piperidine rings is 1. The first-order valence-corrected chi connectivity index (χ1v) is 9.01. The summed E-state index contributed by atoms with van der Waals surface area (Å²) >= 11 is 5.66. The molecule has 26 heavy (non-hydrogen) atoms. The van der Waals surface area contributed by atoms with E-state index in [2.05, 4.69) is 0 Å². The number of nitrogens with zero attached hydrogens (tertiary/aromatic N) is 2. The fourth-order valence-electron chi connectivity index (χ4n) is 4.18. The number of rotatable bonds is 7. The standard InChI is InChI=1S/C17H20ClN3O5/c18-8-9-26-15-6-7-16(20(22)23)11-17(15,21(24)25)13-19(12-16)10-14-4-2-1-3-5-14/h1-6H,7-13H2/p+1. The van der Waals surface area contributed by atoms with Crippen LogP contribution in [0.15, 0.2) is 42.2 Å². The van der Waals surface area contributed by atoms with Gasteiger partial charge in [0.15, 0.2) is 12.3 Å². The summed E-state index contributed by atoms with van der Waals surface area (Å²) in [5, 5.41) is 23.9. The fourth-order valence-corrected chi connectivity index (χ4v) is 4.25. The van der Waals surface area contributed by atoms with Crippen molar-refractivity contribution in [2.75, 3.05) is 25.6 Å². The highest BCUT2D eigenvalue weighted by atomic mass is 35.5. The minimum Gasteiger partial charge on any atom is -0.489 e. The molecular weight excluding hydrogens is 362 g/mol. The molecule has 140 valence electrons. The Hall–Kier alpha value is -2.19. The lowest BCUT2D eigenvalue weighted by atomic mass is 9.71. The lowest BCUT2D eigenvalue weighted by Crippen LogP contribution is -3.17. The Kier molecular flexibility index (Phi) is 5.15. The zero-order valence-electron chi connectivity index (χ0n) is 14.2. The number of ether oxygens (including phenoxy) is 1. The highest BCUT2D eigenvalue weighted by Crippen LogP contribution is 2.41. The van der Waals surface area contributed by atoms with Gasteiger partial charge in [-0.1, -0.05) is 30.3 Å². The molecule has 1 N–H and O–H groups in total. The maximum absolute atomic E-state index is 12.0. The molecule has 1 aliphatic carbocycles. The molecule has 8 nitrogen and oxygen atoms in total. The van der Waals surface area contributed by atoms with Crippen LogP contribution in [0.25, 0.3) is 0 Å². The Morgan fingerprint density at radius 3 is 2.50 bits per heavy atom. The van der Waals surface area contributed by atoms with Gasteiger partial charge in [0, 0.05) is 21.8 Å². The molecule has 1 aromatic carbocycles. The zero-order chi connectivity index (χ0) is 18.8. The third kappa shape index (κ3) is 3.26. The molecule has 1 aromatic rings. The molecule has 1 heterocycles. The van der Waals surface area contributed by atoms with E-state index in [1.807, 2.05) is 30.3 Å². The molecule has 0 radical (unpaired) electrons. The average Bonchev–Trinajstić information content (AvgIpc) is 2.61. The van der Waals surface area contributed by atoms with Gasteiger partial charge in [0.25, 0.3) is 5.54 Å². The topological polar surface area (TPSA) is 100.0 Å². The van der Waals surface area contributed by atoms with E-state index in [0.717, 1.165) is 10.5 Å². The molecule has 1 saturated heterocycles. The Labute approximate surface area is 155 Å². The number of nitro groups is 2. The summed E-state index contributed by atoms with van der Waals surface area (Å²) in [4.78, 5) is 24.0. The Balaban J connectivity index is 1.97. The number of hydrogen-bond acceptors (Lipinski definition) is 5. The largest absolute Gasteiger partial charge is 0.489 e. The molecule has 2 bridgehead atoms. The summed E-state index contributed by atoms with van der Waals surface area (Å²) in [7, 11) is 0. The number of benzene rings is 1. The van der Waals surface area contributed by atoms with Crippen LogP contribution in [0.2, 0.25) is 0 Å². The van der Waals surface area contributed by atoms with Crippen molar-refractivity contribution < 1.29 is 19.5 Å². The van der Waals surface area contributed by atoms with Gasteiger partial charge < -0.3 is 9.64 Å². The first kappa shape index (κ1) is 18.6. The van der Waals surface area contributed by atoms with Gasteiger partial charge in [-0.2, -0.15) is 0 Å². The van der Waals surface area contributed by atoms with Crippen molar-refractivity contribution in [3.05, 3.63) is 68.0 Å². The predicted molar refractivity (Wildman–Crippen MR) is 94.3 cm³/mol. The Bertz CT molecular complexity index is 728. The van der Waals surface area contributed by atoms with Gasteiger partial charge in [0.1, 0.15) is 26.1 Å². The van der Waals surface area contributed by atoms with Crippen molar-refractivity contribution in [1.29, 1.82) is 0 Å². The van der Waals surface area contributed by atoms with Crippen LogP contribution in [-0.4, -0.2) is 46.5 Å². The van der Waals surface area contributed by atoms with Gasteiger partial charge in [0.05, 0.1) is 5.88 Å². The highest BCUT2D eigenvalue weighted by molar-refractivity contribution is 6.17. The maximum Gasteiger partial charge on any atom is 0.331 e. The number of halogens is 1. The van der Waals surface area contributed by atoms with Crippen molar-refractivity contribution in [2.45, 2.75) is 30.5 Å². The third-order valence-corrected chi connectivity index (χ3v) is 5.39. The first-order valence-electron chi connectivity index (χ1n) is 8.48. The molecule has 0 saturated carbocycles. The number of quaternary nitrogens is 1. The summed E-state index contributed by atoms with van der Waals surface area (Å²) in [6.45, 7) is 1.04. The van der Waals surface area contributed by atoms with Crippen molar-refractivity contribution in [3.8, 4) is 0 Å². The molecule has 3 atom stereocenters. The van der Waals surface area contributed by atoms with Gasteiger partial charge >= 0.3 is 5.54 Å². The molecule has 3 rings (SSSR count). The van der Waals surface area contributed by atoms with E-state index in [-0.39, 0.29) is 49.1 Å². The van der Waals surface area contributed by atoms with Gasteiger partial charge in [-0.3, -0.25) is 20.2 Å². The van der Waals surface area contributed by atoms with Crippen LogP contribution >= 0.6 is 11.6 Å². The Morgan fingerprint density at radius 1 is 1.15 bits per heavy atom. The number of alkyl halides is 1. The van der Waals surface area contributed by atoms with Crippen LogP contribution in [0.4, 0.5) is 0 Å². The maximum atomic E-state index is 12.0. The SMILES string of the molecule is O=[N+]([O-])C12CC=C(OCCCl)C([N+](=O)[O-])(C[NH+](Cc3ccccc3)C1)C2. The van der Waals surface area contributed by atoms with E-state index < -0.39 is 16.0 Å². The molecular formula is C17H21ClN3O5+. The predicted octanol–water partition coefficient (Wildman–Crippen LogP) is 1.05. The normalized spacial score (nSPS) is 30.3. The van der Waals surface area contributed by atoms with Crippen molar-refractivity contribution in [2.24, 2.45) is 0 Å². The second-order valence-electron chi connectivity index (χ2n) is 7.02. The number of fused-ring (bicyclic) bond motifs is 2. The highest BCUT2D eigenvalue weighted by Gasteiger charge is 2.69. The fraction of sp³-hybridized carbons (Fsp3) is 0.529. The van der Waals surface area contributed by atoms with Crippen LogP contribution in [0.1, 0.15) is 18.4 Å². The van der Waals surface area contributed by atoms with Gasteiger partial charge in [-0.15, -0.1) is 11.6 Å². The van der Waals surface area contributed by atoms with Crippen LogP contribution < -0.4 is 4.90 Å². The summed E-state index contributed by atoms with van der Waals surface area (Å²) < 4.78 is 5.56. The quantitative estimate of drug-likeness (QED) is 0.431. The van der Waals surface area contributed by atoms with Crippen molar-refractivity contribution in [3.63, 3.8) is 0 Å². The van der Waals surface area contributed by atoms with E-state index in [4.69, 9.17) is 16.3 Å². The van der Waals surface area contributed by atoms with E-state index in [1.165, 1.54) is 6.08 Å². The second kappa shape index (κ2) is 7.20. The average molecular weight is 383 g/mol. The molecule has 0 amide bonds. The van der Waals surface area contributed by atoms with E-state index in [9.17, 15) is 20.2 Å². The molecule has 0 spiro atoms. The molecule has 3 unspecified atom stereocenters. The minimum absolute atomic E-state index is 0.130. The van der Waals surface area contributed by atoms with Crippen LogP contribution in [0.3, 0.4) is 0 Å². The van der Waals surface area contributed by atoms with Crippen molar-refractivity contribution in [1.82, 2.24) is 0 Å². The summed E-state index contributed by atoms with van der Waals surface area (Å²) in [6, 6.07) is 9.52. The molecule has 1 fully saturated rings. The summed E-state index contributed by atoms with van der Waals surface area (Å²) in [6.07, 6.45) is 1.51. The third-order valence-electron chi connectivity index (χ3n) is 5.24.